The molecule has 0 aliphatic rings. The number of esters is 1. The van der Waals surface area contributed by atoms with Gasteiger partial charge in [0, 0.05) is 6.54 Å². The first-order valence-electron chi connectivity index (χ1n) is 5.11. The van der Waals surface area contributed by atoms with E-state index in [9.17, 15) is 9.59 Å². The van der Waals surface area contributed by atoms with Gasteiger partial charge in [0.2, 0.25) is 6.41 Å². The smallest absolute Gasteiger partial charge is 0.314 e. The molecule has 0 saturated heterocycles. The van der Waals surface area contributed by atoms with Gasteiger partial charge in [-0.05, 0) is 17.7 Å². The number of nitrogens with one attached hydrogen (secondary N) is 1. The number of ether oxygens (including phenoxy) is 2. The second kappa shape index (κ2) is 6.52. The molecule has 0 spiro atoms. The van der Waals surface area contributed by atoms with Crippen LogP contribution in [0.2, 0.25) is 0 Å². The molecule has 0 bridgehead atoms. The molecule has 1 atom stereocenters. The first-order valence-corrected chi connectivity index (χ1v) is 5.11. The number of hydrogen-bond acceptors (Lipinski definition) is 4. The third kappa shape index (κ3) is 3.48. The van der Waals surface area contributed by atoms with Crippen molar-refractivity contribution in [2.24, 2.45) is 0 Å². The van der Waals surface area contributed by atoms with Crippen molar-refractivity contribution in [3.8, 4) is 5.75 Å². The van der Waals surface area contributed by atoms with Gasteiger partial charge >= 0.3 is 5.97 Å². The minimum Gasteiger partial charge on any atom is -0.497 e. The van der Waals surface area contributed by atoms with Crippen LogP contribution in [0.5, 0.6) is 5.75 Å². The highest BCUT2D eigenvalue weighted by Crippen LogP contribution is 2.21. The fourth-order valence-corrected chi connectivity index (χ4v) is 1.50. The molecule has 0 fully saturated rings. The Kier molecular flexibility index (Phi) is 5.00. The van der Waals surface area contributed by atoms with E-state index in [2.05, 4.69) is 5.32 Å². The van der Waals surface area contributed by atoms with E-state index in [1.807, 2.05) is 0 Å². The summed E-state index contributed by atoms with van der Waals surface area (Å²) in [6, 6.07) is 7.10. The van der Waals surface area contributed by atoms with Crippen LogP contribution >= 0.6 is 0 Å². The van der Waals surface area contributed by atoms with E-state index < -0.39 is 11.9 Å². The number of rotatable bonds is 6. The maximum absolute atomic E-state index is 11.6. The van der Waals surface area contributed by atoms with Crippen LogP contribution in [0.15, 0.2) is 24.3 Å². The lowest BCUT2D eigenvalue weighted by Gasteiger charge is -2.15. The van der Waals surface area contributed by atoms with Crippen LogP contribution in [0.1, 0.15) is 11.5 Å². The van der Waals surface area contributed by atoms with Crippen LogP contribution in [-0.4, -0.2) is 33.1 Å². The van der Waals surface area contributed by atoms with Crippen molar-refractivity contribution in [2.45, 2.75) is 5.92 Å². The summed E-state index contributed by atoms with van der Waals surface area (Å²) in [4.78, 5) is 21.9. The Hall–Kier alpha value is -2.04. The topological polar surface area (TPSA) is 64.6 Å². The van der Waals surface area contributed by atoms with Gasteiger partial charge in [-0.3, -0.25) is 9.59 Å². The van der Waals surface area contributed by atoms with Crippen LogP contribution < -0.4 is 10.1 Å². The summed E-state index contributed by atoms with van der Waals surface area (Å²) in [5.41, 5.74) is 0.741. The molecule has 92 valence electrons. The lowest BCUT2D eigenvalue weighted by molar-refractivity contribution is -0.142. The van der Waals surface area contributed by atoms with Gasteiger partial charge in [0.15, 0.2) is 0 Å². The summed E-state index contributed by atoms with van der Waals surface area (Å²) in [5, 5.41) is 2.48. The van der Waals surface area contributed by atoms with Crippen LogP contribution in [0.4, 0.5) is 0 Å². The van der Waals surface area contributed by atoms with Crippen molar-refractivity contribution < 1.29 is 19.1 Å². The molecule has 0 aliphatic heterocycles. The van der Waals surface area contributed by atoms with Crippen molar-refractivity contribution >= 4 is 12.4 Å². The zero-order valence-corrected chi connectivity index (χ0v) is 9.80. The molecule has 0 saturated carbocycles. The number of carbonyl (C=O) groups is 2. The average molecular weight is 237 g/mol. The predicted molar refractivity (Wildman–Crippen MR) is 61.8 cm³/mol. The number of benzene rings is 1. The zero-order valence-electron chi connectivity index (χ0n) is 9.80. The second-order valence-electron chi connectivity index (χ2n) is 3.38. The number of carbonyl (C=O) groups excluding carboxylic acids is 2. The highest BCUT2D eigenvalue weighted by Gasteiger charge is 2.21. The average Bonchev–Trinajstić information content (AvgIpc) is 2.39. The SMILES string of the molecule is COC(=O)C(CNC=O)c1cccc(OC)c1. The molecular formula is C12H15NO4. The molecule has 0 aromatic heterocycles. The Morgan fingerprint density at radius 1 is 1.47 bits per heavy atom. The number of methoxy groups -OCH3 is 2. The van der Waals surface area contributed by atoms with E-state index in [0.717, 1.165) is 5.56 Å². The van der Waals surface area contributed by atoms with Gasteiger partial charge in [-0.2, -0.15) is 0 Å². The maximum atomic E-state index is 11.6. The highest BCUT2D eigenvalue weighted by molar-refractivity contribution is 5.78. The van der Waals surface area contributed by atoms with Gasteiger partial charge < -0.3 is 14.8 Å². The fraction of sp³-hybridized carbons (Fsp3) is 0.333. The highest BCUT2D eigenvalue weighted by atomic mass is 16.5. The third-order valence-corrected chi connectivity index (χ3v) is 2.39. The molecule has 1 N–H and O–H groups in total. The Morgan fingerprint density at radius 3 is 2.82 bits per heavy atom. The molecule has 1 unspecified atom stereocenters. The van der Waals surface area contributed by atoms with Gasteiger partial charge in [0.25, 0.3) is 0 Å². The Labute approximate surface area is 99.7 Å². The van der Waals surface area contributed by atoms with E-state index in [-0.39, 0.29) is 6.54 Å². The minimum atomic E-state index is -0.528. The number of amides is 1. The molecule has 17 heavy (non-hydrogen) atoms. The fourth-order valence-electron chi connectivity index (χ4n) is 1.50. The van der Waals surface area contributed by atoms with Crippen LogP contribution in [0.3, 0.4) is 0 Å². The largest absolute Gasteiger partial charge is 0.497 e. The van der Waals surface area contributed by atoms with E-state index in [4.69, 9.17) is 9.47 Å². The first kappa shape index (κ1) is 13.0. The van der Waals surface area contributed by atoms with Gasteiger partial charge in [-0.1, -0.05) is 12.1 Å². The van der Waals surface area contributed by atoms with Crippen LogP contribution in [0, 0.1) is 0 Å². The van der Waals surface area contributed by atoms with E-state index in [1.54, 1.807) is 31.4 Å². The van der Waals surface area contributed by atoms with Gasteiger partial charge in [-0.15, -0.1) is 0 Å². The van der Waals surface area contributed by atoms with E-state index in [1.165, 1.54) is 7.11 Å². The van der Waals surface area contributed by atoms with Gasteiger partial charge in [-0.25, -0.2) is 0 Å². The molecule has 1 aromatic rings. The summed E-state index contributed by atoms with van der Waals surface area (Å²) >= 11 is 0. The van der Waals surface area contributed by atoms with Crippen molar-refractivity contribution in [3.05, 3.63) is 29.8 Å². The molecule has 0 aliphatic carbocycles. The molecule has 0 radical (unpaired) electrons. The predicted octanol–water partition coefficient (Wildman–Crippen LogP) is 0.698. The number of hydrogen-bond donors (Lipinski definition) is 1. The van der Waals surface area contributed by atoms with Crippen LogP contribution in [0.25, 0.3) is 0 Å². The summed E-state index contributed by atoms with van der Waals surface area (Å²) in [6.07, 6.45) is 0.552. The van der Waals surface area contributed by atoms with Crippen molar-refractivity contribution in [1.82, 2.24) is 5.32 Å². The minimum absolute atomic E-state index is 0.198. The summed E-state index contributed by atoms with van der Waals surface area (Å²) in [5.74, 6) is -0.268. The lowest BCUT2D eigenvalue weighted by Crippen LogP contribution is -2.26. The quantitative estimate of drug-likeness (QED) is 0.584. The Bertz CT molecular complexity index is 392. The van der Waals surface area contributed by atoms with Crippen molar-refractivity contribution in [2.75, 3.05) is 20.8 Å². The third-order valence-electron chi connectivity index (χ3n) is 2.39. The maximum Gasteiger partial charge on any atom is 0.314 e. The lowest BCUT2D eigenvalue weighted by atomic mass is 9.99. The molecule has 1 rings (SSSR count). The molecule has 5 heteroatoms. The van der Waals surface area contributed by atoms with Crippen molar-refractivity contribution in [1.29, 1.82) is 0 Å². The Balaban J connectivity index is 2.94. The standard InChI is InChI=1S/C12H15NO4/c1-16-10-5-3-4-9(6-10)11(7-13-8-14)12(15)17-2/h3-6,8,11H,7H2,1-2H3,(H,13,14). The molecule has 1 aromatic carbocycles. The van der Waals surface area contributed by atoms with Crippen molar-refractivity contribution in [3.63, 3.8) is 0 Å². The summed E-state index contributed by atoms with van der Waals surface area (Å²) in [7, 11) is 2.87. The van der Waals surface area contributed by atoms with Crippen LogP contribution in [-0.2, 0) is 14.3 Å². The van der Waals surface area contributed by atoms with E-state index in [0.29, 0.717) is 12.2 Å². The zero-order chi connectivity index (χ0) is 12.7. The summed E-state index contributed by atoms with van der Waals surface area (Å²) < 4.78 is 9.78. The molecular weight excluding hydrogens is 222 g/mol. The molecule has 5 nitrogen and oxygen atoms in total. The molecule has 1 amide bonds. The summed E-state index contributed by atoms with van der Waals surface area (Å²) in [6.45, 7) is 0.198. The van der Waals surface area contributed by atoms with Gasteiger partial charge in [0.05, 0.1) is 20.1 Å². The van der Waals surface area contributed by atoms with E-state index >= 15 is 0 Å². The van der Waals surface area contributed by atoms with Gasteiger partial charge in [0.1, 0.15) is 5.75 Å². The monoisotopic (exact) mass is 237 g/mol. The Morgan fingerprint density at radius 2 is 2.24 bits per heavy atom. The normalized spacial score (nSPS) is 11.4. The first-order chi connectivity index (χ1) is 8.22. The molecule has 0 heterocycles. The second-order valence-corrected chi connectivity index (χ2v) is 3.38.